The number of nitrogens with one attached hydrogen (secondary N) is 1. The molecule has 150 valence electrons. The Morgan fingerprint density at radius 1 is 1.22 bits per heavy atom. The molecule has 1 amide bonds. The predicted octanol–water partition coefficient (Wildman–Crippen LogP) is 3.84. The normalized spacial score (nSPS) is 19.7. The average molecular weight is 376 g/mol. The van der Waals surface area contributed by atoms with Gasteiger partial charge < -0.3 is 9.30 Å². The third kappa shape index (κ3) is 5.66. The summed E-state index contributed by atoms with van der Waals surface area (Å²) in [5.74, 6) is 0.225. The summed E-state index contributed by atoms with van der Waals surface area (Å²) in [5, 5.41) is 0. The number of nitrogens with zero attached hydrogens (tertiary/aromatic N) is 1. The Balaban J connectivity index is 1.29. The maximum atomic E-state index is 12.0. The van der Waals surface area contributed by atoms with Gasteiger partial charge in [-0.25, -0.2) is 10.3 Å². The highest BCUT2D eigenvalue weighted by molar-refractivity contribution is 5.98. The highest BCUT2D eigenvalue weighted by Crippen LogP contribution is 2.25. The Bertz CT molecular complexity index is 647. The molecule has 6 nitrogen and oxygen atoms in total. The number of aryl methyl sites for hydroxylation is 1. The lowest BCUT2D eigenvalue weighted by molar-refractivity contribution is -0.200. The fraction of sp³-hybridized carbons (Fsp3) is 0.714. The van der Waals surface area contributed by atoms with Crippen molar-refractivity contribution in [2.45, 2.75) is 90.4 Å². The summed E-state index contributed by atoms with van der Waals surface area (Å²) in [5.41, 5.74) is 5.87. The molecule has 6 heteroatoms. The van der Waals surface area contributed by atoms with Gasteiger partial charge in [-0.15, -0.1) is 0 Å². The number of hydrogen-bond acceptors (Lipinski definition) is 4. The van der Waals surface area contributed by atoms with Crippen LogP contribution >= 0.6 is 0 Å². The zero-order chi connectivity index (χ0) is 19.1. The minimum atomic E-state index is -0.287. The van der Waals surface area contributed by atoms with Crippen LogP contribution in [0, 0.1) is 6.92 Å². The first-order valence-corrected chi connectivity index (χ1v) is 10.4. The van der Waals surface area contributed by atoms with Crippen molar-refractivity contribution < 1.29 is 19.2 Å². The Labute approximate surface area is 161 Å². The number of unbranched alkanes of at least 4 members (excludes halogenated alkanes) is 3. The van der Waals surface area contributed by atoms with E-state index in [9.17, 15) is 9.59 Å². The molecule has 1 aromatic heterocycles. The minimum absolute atomic E-state index is 0.0713. The number of fused-ring (bicyclic) bond motifs is 1. The molecule has 0 saturated carbocycles. The Kier molecular flexibility index (Phi) is 7.47. The van der Waals surface area contributed by atoms with Crippen LogP contribution in [0.25, 0.3) is 0 Å². The molecule has 0 aromatic carbocycles. The summed E-state index contributed by atoms with van der Waals surface area (Å²) in [6, 6.07) is 2.05. The SMILES string of the molecule is Cc1cc2c(n1CCCCCCC(=O)NOC1CCCCO1)CCCC2=O. The van der Waals surface area contributed by atoms with Gasteiger partial charge in [-0.1, -0.05) is 12.8 Å². The molecule has 1 N–H and O–H groups in total. The van der Waals surface area contributed by atoms with Crippen molar-refractivity contribution in [3.63, 3.8) is 0 Å². The van der Waals surface area contributed by atoms with Gasteiger partial charge >= 0.3 is 0 Å². The molecule has 3 rings (SSSR count). The van der Waals surface area contributed by atoms with Gasteiger partial charge in [-0.05, 0) is 51.5 Å². The van der Waals surface area contributed by atoms with Gasteiger partial charge in [0.15, 0.2) is 12.1 Å². The summed E-state index contributed by atoms with van der Waals surface area (Å²) in [4.78, 5) is 29.1. The van der Waals surface area contributed by atoms with Crippen LogP contribution in [0.2, 0.25) is 0 Å². The van der Waals surface area contributed by atoms with Crippen LogP contribution < -0.4 is 5.48 Å². The summed E-state index contributed by atoms with van der Waals surface area (Å²) in [6.07, 6.45) is 9.90. The van der Waals surface area contributed by atoms with E-state index in [4.69, 9.17) is 9.57 Å². The Morgan fingerprint density at radius 2 is 2.07 bits per heavy atom. The lowest BCUT2D eigenvalue weighted by Gasteiger charge is -2.22. The maximum absolute atomic E-state index is 12.0. The standard InChI is InChI=1S/C21H32N2O4/c1-16-15-17-18(9-8-10-19(17)24)23(16)13-6-3-2-4-11-20(25)22-27-21-12-5-7-14-26-21/h15,21H,2-14H2,1H3,(H,22,25). The second kappa shape index (κ2) is 10.0. The molecule has 0 bridgehead atoms. The monoisotopic (exact) mass is 376 g/mol. The van der Waals surface area contributed by atoms with Crippen LogP contribution in [0.4, 0.5) is 0 Å². The van der Waals surface area contributed by atoms with Crippen LogP contribution in [0.15, 0.2) is 6.07 Å². The number of ketones is 1. The Morgan fingerprint density at radius 3 is 2.89 bits per heavy atom. The number of amides is 1. The third-order valence-electron chi connectivity index (χ3n) is 5.51. The van der Waals surface area contributed by atoms with Gasteiger partial charge in [0.2, 0.25) is 5.91 Å². The van der Waals surface area contributed by atoms with Crippen molar-refractivity contribution in [3.05, 3.63) is 23.0 Å². The summed E-state index contributed by atoms with van der Waals surface area (Å²) in [6.45, 7) is 3.76. The van der Waals surface area contributed by atoms with Crippen LogP contribution in [0.3, 0.4) is 0 Å². The van der Waals surface area contributed by atoms with Crippen LogP contribution in [0.1, 0.15) is 86.0 Å². The highest BCUT2D eigenvalue weighted by Gasteiger charge is 2.22. The van der Waals surface area contributed by atoms with Gasteiger partial charge in [0.25, 0.3) is 0 Å². The number of Topliss-reactive ketones (excluding diaryl/α,β-unsaturated/α-hetero) is 1. The van der Waals surface area contributed by atoms with Crippen molar-refractivity contribution in [2.75, 3.05) is 6.61 Å². The Hall–Kier alpha value is -1.66. The number of carbonyl (C=O) groups excluding carboxylic acids is 2. The van der Waals surface area contributed by atoms with Crippen molar-refractivity contribution in [1.82, 2.24) is 10.0 Å². The molecule has 1 unspecified atom stereocenters. The second-order valence-electron chi connectivity index (χ2n) is 7.68. The van der Waals surface area contributed by atoms with Crippen molar-refractivity contribution >= 4 is 11.7 Å². The number of aromatic nitrogens is 1. The first kappa shape index (κ1) is 20.1. The zero-order valence-corrected chi connectivity index (χ0v) is 16.4. The molecule has 1 atom stereocenters. The molecule has 27 heavy (non-hydrogen) atoms. The van der Waals surface area contributed by atoms with E-state index in [0.717, 1.165) is 69.9 Å². The first-order chi connectivity index (χ1) is 13.1. The van der Waals surface area contributed by atoms with E-state index in [1.807, 2.05) is 0 Å². The molecule has 1 aliphatic heterocycles. The molecule has 1 saturated heterocycles. The fourth-order valence-electron chi connectivity index (χ4n) is 4.00. The van der Waals surface area contributed by atoms with E-state index in [1.54, 1.807) is 0 Å². The fourth-order valence-corrected chi connectivity index (χ4v) is 4.00. The lowest BCUT2D eigenvalue weighted by atomic mass is 9.96. The molecular weight excluding hydrogens is 344 g/mol. The third-order valence-corrected chi connectivity index (χ3v) is 5.51. The quantitative estimate of drug-likeness (QED) is 0.525. The summed E-state index contributed by atoms with van der Waals surface area (Å²) >= 11 is 0. The predicted molar refractivity (Wildman–Crippen MR) is 102 cm³/mol. The number of carbonyl (C=O) groups is 2. The maximum Gasteiger partial charge on any atom is 0.243 e. The van der Waals surface area contributed by atoms with E-state index in [2.05, 4.69) is 23.0 Å². The van der Waals surface area contributed by atoms with Crippen molar-refractivity contribution in [2.24, 2.45) is 0 Å². The number of rotatable bonds is 9. The van der Waals surface area contributed by atoms with E-state index in [-0.39, 0.29) is 12.2 Å². The van der Waals surface area contributed by atoms with Crippen molar-refractivity contribution in [1.29, 1.82) is 0 Å². The molecule has 0 radical (unpaired) electrons. The molecule has 1 aliphatic carbocycles. The number of hydroxylamine groups is 1. The van der Waals surface area contributed by atoms with Crippen LogP contribution in [-0.2, 0) is 27.3 Å². The van der Waals surface area contributed by atoms with Gasteiger partial charge in [0.1, 0.15) is 0 Å². The summed E-state index contributed by atoms with van der Waals surface area (Å²) < 4.78 is 7.73. The smallest absolute Gasteiger partial charge is 0.243 e. The van der Waals surface area contributed by atoms with Crippen LogP contribution in [0.5, 0.6) is 0 Å². The molecule has 1 aromatic rings. The van der Waals surface area contributed by atoms with E-state index in [0.29, 0.717) is 25.2 Å². The lowest BCUT2D eigenvalue weighted by Crippen LogP contribution is -2.32. The average Bonchev–Trinajstić information content (AvgIpc) is 3.00. The van der Waals surface area contributed by atoms with Gasteiger partial charge in [0, 0.05) is 49.4 Å². The first-order valence-electron chi connectivity index (χ1n) is 10.4. The van der Waals surface area contributed by atoms with Gasteiger partial charge in [0.05, 0.1) is 0 Å². The number of hydrogen-bond donors (Lipinski definition) is 1. The minimum Gasteiger partial charge on any atom is -0.350 e. The van der Waals surface area contributed by atoms with Crippen molar-refractivity contribution in [3.8, 4) is 0 Å². The second-order valence-corrected chi connectivity index (χ2v) is 7.68. The highest BCUT2D eigenvalue weighted by atomic mass is 16.8. The summed E-state index contributed by atoms with van der Waals surface area (Å²) in [7, 11) is 0. The topological polar surface area (TPSA) is 69.6 Å². The van der Waals surface area contributed by atoms with E-state index in [1.165, 1.54) is 11.4 Å². The van der Waals surface area contributed by atoms with Gasteiger partial charge in [-0.3, -0.25) is 9.59 Å². The zero-order valence-electron chi connectivity index (χ0n) is 16.4. The van der Waals surface area contributed by atoms with Gasteiger partial charge in [-0.2, -0.15) is 0 Å². The molecule has 2 heterocycles. The van der Waals surface area contributed by atoms with E-state index >= 15 is 0 Å². The molecule has 2 aliphatic rings. The molecular formula is C21H32N2O4. The number of ether oxygens (including phenoxy) is 1. The molecule has 1 fully saturated rings. The largest absolute Gasteiger partial charge is 0.350 e. The molecule has 0 spiro atoms. The van der Waals surface area contributed by atoms with E-state index < -0.39 is 0 Å². The van der Waals surface area contributed by atoms with Crippen LogP contribution in [-0.4, -0.2) is 29.2 Å².